The van der Waals surface area contributed by atoms with Crippen LogP contribution in [-0.2, 0) is 15.0 Å². The summed E-state index contributed by atoms with van der Waals surface area (Å²) < 4.78 is 0. The van der Waals surface area contributed by atoms with Crippen molar-refractivity contribution >= 4 is 17.5 Å². The van der Waals surface area contributed by atoms with E-state index in [0.717, 1.165) is 38.2 Å². The van der Waals surface area contributed by atoms with Crippen LogP contribution in [0.2, 0.25) is 0 Å². The highest BCUT2D eigenvalue weighted by Gasteiger charge is 2.46. The fourth-order valence-corrected chi connectivity index (χ4v) is 5.00. The number of para-hydroxylation sites is 1. The smallest absolute Gasteiger partial charge is 0.233 e. The molecule has 4 rings (SSSR count). The summed E-state index contributed by atoms with van der Waals surface area (Å²) in [6.07, 6.45) is 2.85. The van der Waals surface area contributed by atoms with Crippen LogP contribution in [-0.4, -0.2) is 60.9 Å². The van der Waals surface area contributed by atoms with E-state index in [0.29, 0.717) is 32.4 Å². The van der Waals surface area contributed by atoms with Gasteiger partial charge >= 0.3 is 0 Å². The summed E-state index contributed by atoms with van der Waals surface area (Å²) in [6, 6.07) is 20.6. The second-order valence-electron chi connectivity index (χ2n) is 8.69. The monoisotopic (exact) mass is 419 g/mol. The predicted molar refractivity (Wildman–Crippen MR) is 124 cm³/mol. The Morgan fingerprint density at radius 3 is 1.94 bits per heavy atom. The lowest BCUT2D eigenvalue weighted by atomic mass is 9.71. The van der Waals surface area contributed by atoms with Crippen molar-refractivity contribution in [2.75, 3.05) is 44.2 Å². The van der Waals surface area contributed by atoms with Crippen LogP contribution in [0.25, 0.3) is 0 Å². The maximum atomic E-state index is 13.9. The second kappa shape index (κ2) is 9.54. The quantitative estimate of drug-likeness (QED) is 0.742. The molecule has 164 valence electrons. The minimum atomic E-state index is -0.529. The van der Waals surface area contributed by atoms with E-state index >= 15 is 0 Å². The molecule has 2 fully saturated rings. The maximum Gasteiger partial charge on any atom is 0.233 e. The molecule has 0 bridgehead atoms. The van der Waals surface area contributed by atoms with E-state index in [1.54, 1.807) is 0 Å². The summed E-state index contributed by atoms with van der Waals surface area (Å²) in [5.74, 6) is 0.446. The van der Waals surface area contributed by atoms with E-state index in [4.69, 9.17) is 0 Å². The van der Waals surface area contributed by atoms with Gasteiger partial charge in [0, 0.05) is 51.4 Å². The molecule has 0 N–H and O–H groups in total. The average Bonchev–Trinajstić information content (AvgIpc) is 2.85. The van der Waals surface area contributed by atoms with Gasteiger partial charge in [0.15, 0.2) is 0 Å². The van der Waals surface area contributed by atoms with E-state index in [9.17, 15) is 9.59 Å². The molecule has 0 aromatic heterocycles. The van der Waals surface area contributed by atoms with Crippen LogP contribution in [0, 0.1) is 0 Å². The topological polar surface area (TPSA) is 43.9 Å². The van der Waals surface area contributed by atoms with Gasteiger partial charge in [-0.25, -0.2) is 0 Å². The van der Waals surface area contributed by atoms with Gasteiger partial charge in [0.25, 0.3) is 0 Å². The van der Waals surface area contributed by atoms with Crippen LogP contribution in [0.3, 0.4) is 0 Å². The molecular weight excluding hydrogens is 386 g/mol. The molecule has 0 unspecified atom stereocenters. The summed E-state index contributed by atoms with van der Waals surface area (Å²) >= 11 is 0. The van der Waals surface area contributed by atoms with Gasteiger partial charge in [0.2, 0.25) is 11.8 Å². The molecule has 2 aliphatic rings. The highest BCUT2D eigenvalue weighted by atomic mass is 16.2. The molecule has 2 aromatic rings. The number of amides is 2. The van der Waals surface area contributed by atoms with Crippen LogP contribution in [0.15, 0.2) is 60.7 Å². The zero-order valence-electron chi connectivity index (χ0n) is 18.5. The van der Waals surface area contributed by atoms with Crippen molar-refractivity contribution in [3.05, 3.63) is 66.2 Å². The Morgan fingerprint density at radius 1 is 0.774 bits per heavy atom. The summed E-state index contributed by atoms with van der Waals surface area (Å²) in [5, 5.41) is 0. The van der Waals surface area contributed by atoms with E-state index < -0.39 is 5.41 Å². The Balaban J connectivity index is 1.49. The molecule has 0 atom stereocenters. The second-order valence-corrected chi connectivity index (χ2v) is 8.69. The Morgan fingerprint density at radius 2 is 1.35 bits per heavy atom. The molecule has 2 aliphatic heterocycles. The Bertz CT molecular complexity index is 868. The van der Waals surface area contributed by atoms with Crippen molar-refractivity contribution in [2.24, 2.45) is 0 Å². The minimum absolute atomic E-state index is 0.216. The first-order valence-corrected chi connectivity index (χ1v) is 11.6. The van der Waals surface area contributed by atoms with Gasteiger partial charge in [-0.15, -0.1) is 0 Å². The normalized spacial score (nSPS) is 18.7. The third-order valence-corrected chi connectivity index (χ3v) is 6.86. The summed E-state index contributed by atoms with van der Waals surface area (Å²) in [6.45, 7) is 6.52. The number of rotatable bonds is 5. The first-order valence-electron chi connectivity index (χ1n) is 11.6. The van der Waals surface area contributed by atoms with Crippen LogP contribution < -0.4 is 4.90 Å². The van der Waals surface area contributed by atoms with Crippen molar-refractivity contribution in [1.29, 1.82) is 0 Å². The average molecular weight is 420 g/mol. The zero-order chi connectivity index (χ0) is 21.7. The fourth-order valence-electron chi connectivity index (χ4n) is 5.00. The third kappa shape index (κ3) is 4.46. The predicted octanol–water partition coefficient (Wildman–Crippen LogP) is 3.70. The van der Waals surface area contributed by atoms with Gasteiger partial charge in [-0.3, -0.25) is 9.59 Å². The molecule has 5 heteroatoms. The molecule has 2 saturated heterocycles. The van der Waals surface area contributed by atoms with Gasteiger partial charge in [-0.2, -0.15) is 0 Å². The third-order valence-electron chi connectivity index (χ3n) is 6.86. The standard InChI is InChI=1S/C26H33N3O2/c1-2-9-24(30)28-16-14-26(15-17-28,22-10-5-3-6-11-22)25(31)29-20-18-27(19-21-29)23-12-7-4-8-13-23/h3-8,10-13H,2,9,14-21H2,1H3. The number of nitrogens with zero attached hydrogens (tertiary/aromatic N) is 3. The fraction of sp³-hybridized carbons (Fsp3) is 0.462. The highest BCUT2D eigenvalue weighted by molar-refractivity contribution is 5.89. The van der Waals surface area contributed by atoms with Crippen LogP contribution in [0.1, 0.15) is 38.2 Å². The van der Waals surface area contributed by atoms with Gasteiger partial charge in [-0.1, -0.05) is 55.5 Å². The highest BCUT2D eigenvalue weighted by Crippen LogP contribution is 2.38. The lowest BCUT2D eigenvalue weighted by Gasteiger charge is -2.45. The Labute approximate surface area is 185 Å². The van der Waals surface area contributed by atoms with Gasteiger partial charge in [-0.05, 0) is 37.0 Å². The van der Waals surface area contributed by atoms with Crippen molar-refractivity contribution < 1.29 is 9.59 Å². The Kier molecular flexibility index (Phi) is 6.59. The zero-order valence-corrected chi connectivity index (χ0v) is 18.5. The number of benzene rings is 2. The summed E-state index contributed by atoms with van der Waals surface area (Å²) in [5.41, 5.74) is 1.78. The minimum Gasteiger partial charge on any atom is -0.368 e. The number of hydrogen-bond donors (Lipinski definition) is 0. The van der Waals surface area contributed by atoms with E-state index in [1.807, 2.05) is 36.1 Å². The lowest BCUT2D eigenvalue weighted by Crippen LogP contribution is -2.58. The molecule has 2 heterocycles. The molecule has 5 nitrogen and oxygen atoms in total. The molecule has 0 radical (unpaired) electrons. The number of carbonyl (C=O) groups is 2. The van der Waals surface area contributed by atoms with Crippen molar-refractivity contribution in [1.82, 2.24) is 9.80 Å². The summed E-state index contributed by atoms with van der Waals surface area (Å²) in [7, 11) is 0. The summed E-state index contributed by atoms with van der Waals surface area (Å²) in [4.78, 5) is 32.7. The SMILES string of the molecule is CCCC(=O)N1CCC(C(=O)N2CCN(c3ccccc3)CC2)(c2ccccc2)CC1. The number of likely N-dealkylation sites (tertiary alicyclic amines) is 1. The number of carbonyl (C=O) groups excluding carboxylic acids is 2. The van der Waals surface area contributed by atoms with Gasteiger partial charge in [0.05, 0.1) is 5.41 Å². The number of piperidine rings is 1. The number of piperazine rings is 1. The first-order chi connectivity index (χ1) is 15.1. The molecule has 31 heavy (non-hydrogen) atoms. The van der Waals surface area contributed by atoms with Crippen LogP contribution >= 0.6 is 0 Å². The van der Waals surface area contributed by atoms with Crippen LogP contribution in [0.4, 0.5) is 5.69 Å². The van der Waals surface area contributed by atoms with E-state index in [-0.39, 0.29) is 11.8 Å². The van der Waals surface area contributed by atoms with Crippen LogP contribution in [0.5, 0.6) is 0 Å². The number of anilines is 1. The number of hydrogen-bond acceptors (Lipinski definition) is 3. The van der Waals surface area contributed by atoms with Crippen molar-refractivity contribution in [3.63, 3.8) is 0 Å². The van der Waals surface area contributed by atoms with Gasteiger partial charge < -0.3 is 14.7 Å². The molecule has 0 spiro atoms. The van der Waals surface area contributed by atoms with Gasteiger partial charge in [0.1, 0.15) is 0 Å². The van der Waals surface area contributed by atoms with E-state index in [1.165, 1.54) is 5.69 Å². The molecule has 2 aromatic carbocycles. The molecule has 0 aliphatic carbocycles. The lowest BCUT2D eigenvalue weighted by molar-refractivity contribution is -0.143. The largest absolute Gasteiger partial charge is 0.368 e. The Hall–Kier alpha value is -2.82. The van der Waals surface area contributed by atoms with Crippen molar-refractivity contribution in [3.8, 4) is 0 Å². The molecular formula is C26H33N3O2. The molecule has 0 saturated carbocycles. The molecule has 2 amide bonds. The maximum absolute atomic E-state index is 13.9. The first kappa shape index (κ1) is 21.4. The van der Waals surface area contributed by atoms with Crippen molar-refractivity contribution in [2.45, 2.75) is 38.0 Å². The van der Waals surface area contributed by atoms with E-state index in [2.05, 4.69) is 46.2 Å².